The Morgan fingerprint density at radius 3 is 2.75 bits per heavy atom. The molecule has 0 unspecified atom stereocenters. The maximum Gasteiger partial charge on any atom is 0.263 e. The number of thiazole rings is 1. The molecule has 16 heavy (non-hydrogen) atoms. The monoisotopic (exact) mass is 302 g/mol. The first-order valence-electron chi connectivity index (χ1n) is 5.52. The highest BCUT2D eigenvalue weighted by atomic mass is 79.9. The minimum Gasteiger partial charge on any atom is -0.349 e. The molecule has 5 heteroatoms. The second-order valence-electron chi connectivity index (χ2n) is 4.17. The number of rotatable bonds is 2. The van der Waals surface area contributed by atoms with E-state index < -0.39 is 0 Å². The molecule has 0 aromatic carbocycles. The van der Waals surface area contributed by atoms with Crippen LogP contribution in [0.25, 0.3) is 0 Å². The quantitative estimate of drug-likeness (QED) is 0.854. The number of carbonyl (C=O) groups is 1. The number of nitrogens with one attached hydrogen (secondary N) is 1. The van der Waals surface area contributed by atoms with Crippen molar-refractivity contribution in [1.82, 2.24) is 10.3 Å². The summed E-state index contributed by atoms with van der Waals surface area (Å²) in [4.78, 5) is 17.3. The number of amides is 1. The van der Waals surface area contributed by atoms with E-state index in [0.29, 0.717) is 10.9 Å². The Bertz CT molecular complexity index is 372. The lowest BCUT2D eigenvalue weighted by molar-refractivity contribution is 0.0932. The van der Waals surface area contributed by atoms with Crippen molar-refractivity contribution in [2.24, 2.45) is 0 Å². The fourth-order valence-corrected chi connectivity index (χ4v) is 3.13. The maximum absolute atomic E-state index is 11.9. The highest BCUT2D eigenvalue weighted by molar-refractivity contribution is 9.09. The summed E-state index contributed by atoms with van der Waals surface area (Å²) in [6, 6.07) is 0.337. The van der Waals surface area contributed by atoms with E-state index in [-0.39, 0.29) is 5.91 Å². The van der Waals surface area contributed by atoms with Crippen LogP contribution in [0.1, 0.15) is 40.4 Å². The molecule has 1 saturated carbocycles. The molecule has 3 nitrogen and oxygen atoms in total. The molecule has 1 N–H and O–H groups in total. The van der Waals surface area contributed by atoms with E-state index in [1.807, 2.05) is 6.92 Å². The van der Waals surface area contributed by atoms with E-state index in [1.54, 1.807) is 6.20 Å². The Labute approximate surface area is 108 Å². The minimum atomic E-state index is 0.0311. The van der Waals surface area contributed by atoms with Gasteiger partial charge in [-0.3, -0.25) is 4.79 Å². The molecule has 1 aromatic rings. The third-order valence-electron chi connectivity index (χ3n) is 2.84. The zero-order valence-electron chi connectivity index (χ0n) is 9.20. The van der Waals surface area contributed by atoms with Gasteiger partial charge in [-0.1, -0.05) is 15.9 Å². The van der Waals surface area contributed by atoms with Crippen molar-refractivity contribution >= 4 is 33.2 Å². The van der Waals surface area contributed by atoms with Crippen LogP contribution in [-0.2, 0) is 0 Å². The fraction of sp³-hybridized carbons (Fsp3) is 0.636. The predicted octanol–water partition coefficient (Wildman–Crippen LogP) is 2.89. The van der Waals surface area contributed by atoms with Gasteiger partial charge in [-0.2, -0.15) is 0 Å². The predicted molar refractivity (Wildman–Crippen MR) is 69.3 cm³/mol. The molecule has 1 amide bonds. The highest BCUT2D eigenvalue weighted by Gasteiger charge is 2.21. The molecular formula is C11H15BrN2OS. The number of carbonyl (C=O) groups excluding carboxylic acids is 1. The lowest BCUT2D eigenvalue weighted by Gasteiger charge is -2.25. The number of hydrogen-bond acceptors (Lipinski definition) is 3. The van der Waals surface area contributed by atoms with Crippen LogP contribution < -0.4 is 5.32 Å². The number of aryl methyl sites for hydroxylation is 1. The zero-order chi connectivity index (χ0) is 11.5. The van der Waals surface area contributed by atoms with Gasteiger partial charge < -0.3 is 5.32 Å². The molecule has 2 rings (SSSR count). The maximum atomic E-state index is 11.9. The normalized spacial score (nSPS) is 25.4. The molecular weight excluding hydrogens is 288 g/mol. The smallest absolute Gasteiger partial charge is 0.263 e. The summed E-state index contributed by atoms with van der Waals surface area (Å²) >= 11 is 5.06. The summed E-state index contributed by atoms with van der Waals surface area (Å²) in [5, 5.41) is 4.02. The van der Waals surface area contributed by atoms with E-state index in [1.165, 1.54) is 11.3 Å². The van der Waals surface area contributed by atoms with E-state index in [9.17, 15) is 4.79 Å². The van der Waals surface area contributed by atoms with Crippen molar-refractivity contribution < 1.29 is 4.79 Å². The fourth-order valence-electron chi connectivity index (χ4n) is 1.92. The summed E-state index contributed by atoms with van der Waals surface area (Å²) in [5.74, 6) is 0.0311. The van der Waals surface area contributed by atoms with Gasteiger partial charge in [0.05, 0.1) is 11.2 Å². The summed E-state index contributed by atoms with van der Waals surface area (Å²) in [6.07, 6.45) is 6.09. The van der Waals surface area contributed by atoms with Crippen molar-refractivity contribution in [2.75, 3.05) is 0 Å². The molecule has 0 bridgehead atoms. The van der Waals surface area contributed by atoms with Gasteiger partial charge in [0.1, 0.15) is 4.88 Å². The SMILES string of the molecule is Cc1ncc(C(=O)NC2CCC(Br)CC2)s1. The van der Waals surface area contributed by atoms with E-state index in [4.69, 9.17) is 0 Å². The number of halogens is 1. The van der Waals surface area contributed by atoms with E-state index in [0.717, 1.165) is 35.6 Å². The molecule has 88 valence electrons. The molecule has 1 heterocycles. The molecule has 0 atom stereocenters. The molecule has 0 saturated heterocycles. The van der Waals surface area contributed by atoms with Crippen molar-refractivity contribution in [2.45, 2.75) is 43.5 Å². The Balaban J connectivity index is 1.88. The van der Waals surface area contributed by atoms with Crippen LogP contribution >= 0.6 is 27.3 Å². The second kappa shape index (κ2) is 5.27. The topological polar surface area (TPSA) is 42.0 Å². The summed E-state index contributed by atoms with van der Waals surface area (Å²) in [5.41, 5.74) is 0. The first-order chi connectivity index (χ1) is 7.65. The zero-order valence-corrected chi connectivity index (χ0v) is 11.6. The van der Waals surface area contributed by atoms with Crippen LogP contribution in [0.3, 0.4) is 0 Å². The van der Waals surface area contributed by atoms with Crippen molar-refractivity contribution in [3.63, 3.8) is 0 Å². The number of aromatic nitrogens is 1. The molecule has 1 aromatic heterocycles. The van der Waals surface area contributed by atoms with Crippen molar-refractivity contribution in [3.05, 3.63) is 16.1 Å². The summed E-state index contributed by atoms with van der Waals surface area (Å²) in [7, 11) is 0. The number of hydrogen-bond donors (Lipinski definition) is 1. The Morgan fingerprint density at radius 1 is 1.50 bits per heavy atom. The summed E-state index contributed by atoms with van der Waals surface area (Å²) < 4.78 is 0. The highest BCUT2D eigenvalue weighted by Crippen LogP contribution is 2.24. The van der Waals surface area contributed by atoms with Gasteiger partial charge in [0.25, 0.3) is 5.91 Å². The standard InChI is InChI=1S/C11H15BrN2OS/c1-7-13-6-10(16-7)11(15)14-9-4-2-8(12)3-5-9/h6,8-9H,2-5H2,1H3,(H,14,15). The van der Waals surface area contributed by atoms with Crippen LogP contribution in [0.4, 0.5) is 0 Å². The first-order valence-corrected chi connectivity index (χ1v) is 7.25. The van der Waals surface area contributed by atoms with Gasteiger partial charge >= 0.3 is 0 Å². The van der Waals surface area contributed by atoms with Crippen molar-refractivity contribution in [3.8, 4) is 0 Å². The number of alkyl halides is 1. The van der Waals surface area contributed by atoms with E-state index >= 15 is 0 Å². The Morgan fingerprint density at radius 2 is 2.19 bits per heavy atom. The van der Waals surface area contributed by atoms with Crippen LogP contribution in [-0.4, -0.2) is 21.8 Å². The average molecular weight is 303 g/mol. The van der Waals surface area contributed by atoms with E-state index in [2.05, 4.69) is 26.2 Å². The third-order valence-corrected chi connectivity index (χ3v) is 4.66. The molecule has 0 radical (unpaired) electrons. The molecule has 0 aliphatic heterocycles. The molecule has 1 fully saturated rings. The van der Waals surface area contributed by atoms with Crippen molar-refractivity contribution in [1.29, 1.82) is 0 Å². The largest absolute Gasteiger partial charge is 0.349 e. The lowest BCUT2D eigenvalue weighted by Crippen LogP contribution is -2.37. The van der Waals surface area contributed by atoms with Crippen LogP contribution in [0.2, 0.25) is 0 Å². The summed E-state index contributed by atoms with van der Waals surface area (Å²) in [6.45, 7) is 1.91. The van der Waals surface area contributed by atoms with Gasteiger partial charge in [-0.15, -0.1) is 11.3 Å². The Kier molecular flexibility index (Phi) is 3.97. The van der Waals surface area contributed by atoms with Gasteiger partial charge in [-0.05, 0) is 32.6 Å². The van der Waals surface area contributed by atoms with Crippen LogP contribution in [0.5, 0.6) is 0 Å². The van der Waals surface area contributed by atoms with Crippen LogP contribution in [0, 0.1) is 6.92 Å². The second-order valence-corrected chi connectivity index (χ2v) is 6.70. The first kappa shape index (κ1) is 12.0. The van der Waals surface area contributed by atoms with Gasteiger partial charge in [0.15, 0.2) is 0 Å². The molecule has 1 aliphatic rings. The molecule has 0 spiro atoms. The molecule has 1 aliphatic carbocycles. The van der Waals surface area contributed by atoms with Gasteiger partial charge in [0, 0.05) is 10.9 Å². The lowest BCUT2D eigenvalue weighted by atomic mass is 9.95. The van der Waals surface area contributed by atoms with Crippen LogP contribution in [0.15, 0.2) is 6.20 Å². The minimum absolute atomic E-state index is 0.0311. The Hall–Kier alpha value is -0.420. The third kappa shape index (κ3) is 3.04. The van der Waals surface area contributed by atoms with Gasteiger partial charge in [0.2, 0.25) is 0 Å². The average Bonchev–Trinajstić information content (AvgIpc) is 2.68. The number of nitrogens with zero attached hydrogens (tertiary/aromatic N) is 1. The van der Waals surface area contributed by atoms with Gasteiger partial charge in [-0.25, -0.2) is 4.98 Å².